The highest BCUT2D eigenvalue weighted by atomic mass is 35.5. The molecule has 29 heavy (non-hydrogen) atoms. The Morgan fingerprint density at radius 1 is 1.28 bits per heavy atom. The predicted octanol–water partition coefficient (Wildman–Crippen LogP) is 1.77. The minimum Gasteiger partial charge on any atom is -0.493 e. The van der Waals surface area contributed by atoms with Crippen molar-refractivity contribution in [2.45, 2.75) is 25.7 Å². The van der Waals surface area contributed by atoms with Gasteiger partial charge < -0.3 is 24.1 Å². The van der Waals surface area contributed by atoms with Crippen LogP contribution in [0, 0.1) is 6.92 Å². The number of benzene rings is 1. The zero-order chi connectivity index (χ0) is 19.9. The molecule has 0 bridgehead atoms. The number of para-hydroxylation sites is 1. The summed E-state index contributed by atoms with van der Waals surface area (Å²) >= 11 is 0. The maximum atomic E-state index is 10.5. The Balaban J connectivity index is 0.00000300. The molecule has 1 N–H and O–H groups in total. The van der Waals surface area contributed by atoms with Crippen LogP contribution < -0.4 is 14.2 Å². The Labute approximate surface area is 177 Å². The van der Waals surface area contributed by atoms with Gasteiger partial charge in [-0.2, -0.15) is 5.10 Å². The highest BCUT2D eigenvalue weighted by Crippen LogP contribution is 2.36. The van der Waals surface area contributed by atoms with Crippen molar-refractivity contribution in [2.24, 2.45) is 0 Å². The van der Waals surface area contributed by atoms with Gasteiger partial charge in [0.05, 0.1) is 39.7 Å². The summed E-state index contributed by atoms with van der Waals surface area (Å²) < 4.78 is 24.2. The molecule has 1 aromatic carbocycles. The van der Waals surface area contributed by atoms with Gasteiger partial charge in [0, 0.05) is 25.8 Å². The second-order valence-electron chi connectivity index (χ2n) is 6.95. The van der Waals surface area contributed by atoms with Gasteiger partial charge in [-0.3, -0.25) is 9.58 Å². The number of hydrogen-bond donors (Lipinski definition) is 1. The van der Waals surface area contributed by atoms with Crippen molar-refractivity contribution in [1.82, 2.24) is 14.7 Å². The largest absolute Gasteiger partial charge is 0.493 e. The summed E-state index contributed by atoms with van der Waals surface area (Å²) in [5, 5.41) is 14.8. The van der Waals surface area contributed by atoms with E-state index in [9.17, 15) is 5.11 Å². The predicted molar refractivity (Wildman–Crippen MR) is 111 cm³/mol. The molecule has 0 saturated carbocycles. The quantitative estimate of drug-likeness (QED) is 0.653. The van der Waals surface area contributed by atoms with Crippen LogP contribution in [0.1, 0.15) is 5.56 Å². The fourth-order valence-corrected chi connectivity index (χ4v) is 3.32. The van der Waals surface area contributed by atoms with Gasteiger partial charge >= 0.3 is 0 Å². The molecule has 2 heterocycles. The standard InChI is InChI=1S/C20H29N3O5.ClH/c1-15-9-21-23(10-15)13-17-12-22(7-8-27-17)11-16(24)14-28-20-18(25-2)5-4-6-19(20)26-3;/h4-6,9-10,16-17,24H,7-8,11-14H2,1-3H3;1H. The number of methoxy groups -OCH3 is 2. The number of aliphatic hydroxyl groups excluding tert-OH is 1. The van der Waals surface area contributed by atoms with Crippen molar-refractivity contribution in [3.63, 3.8) is 0 Å². The first-order chi connectivity index (χ1) is 13.6. The number of nitrogens with zero attached hydrogens (tertiary/aromatic N) is 3. The number of ether oxygens (including phenoxy) is 4. The summed E-state index contributed by atoms with van der Waals surface area (Å²) in [6.45, 7) is 5.54. The molecule has 0 radical (unpaired) electrons. The molecule has 1 aliphatic rings. The smallest absolute Gasteiger partial charge is 0.203 e. The molecule has 2 unspecified atom stereocenters. The molecule has 1 saturated heterocycles. The Morgan fingerprint density at radius 3 is 2.62 bits per heavy atom. The Morgan fingerprint density at radius 2 is 2.00 bits per heavy atom. The van der Waals surface area contributed by atoms with Crippen molar-refractivity contribution in [3.05, 3.63) is 36.2 Å². The number of aromatic nitrogens is 2. The van der Waals surface area contributed by atoms with Crippen molar-refractivity contribution in [2.75, 3.05) is 47.1 Å². The molecule has 8 nitrogen and oxygen atoms in total. The average Bonchev–Trinajstić information content (AvgIpc) is 3.10. The van der Waals surface area contributed by atoms with Crippen LogP contribution in [0.2, 0.25) is 0 Å². The van der Waals surface area contributed by atoms with E-state index in [1.165, 1.54) is 0 Å². The van der Waals surface area contributed by atoms with Crippen LogP contribution in [0.3, 0.4) is 0 Å². The third kappa shape index (κ3) is 6.50. The highest BCUT2D eigenvalue weighted by molar-refractivity contribution is 5.85. The fourth-order valence-electron chi connectivity index (χ4n) is 3.32. The summed E-state index contributed by atoms with van der Waals surface area (Å²) in [5.74, 6) is 1.65. The Bertz CT molecular complexity index is 735. The van der Waals surface area contributed by atoms with E-state index in [4.69, 9.17) is 18.9 Å². The number of halogens is 1. The van der Waals surface area contributed by atoms with Crippen molar-refractivity contribution < 1.29 is 24.1 Å². The van der Waals surface area contributed by atoms with Crippen LogP contribution in [-0.4, -0.2) is 79.1 Å². The van der Waals surface area contributed by atoms with Crippen LogP contribution in [-0.2, 0) is 11.3 Å². The Kier molecular flexibility index (Phi) is 9.03. The van der Waals surface area contributed by atoms with Gasteiger partial charge in [0.2, 0.25) is 5.75 Å². The highest BCUT2D eigenvalue weighted by Gasteiger charge is 2.23. The lowest BCUT2D eigenvalue weighted by Gasteiger charge is -2.34. The molecule has 2 aromatic rings. The minimum absolute atomic E-state index is 0. The lowest BCUT2D eigenvalue weighted by molar-refractivity contribution is -0.0518. The van der Waals surface area contributed by atoms with Gasteiger partial charge in [-0.15, -0.1) is 12.4 Å². The molecule has 3 rings (SSSR count). The number of aryl methyl sites for hydroxylation is 1. The van der Waals surface area contributed by atoms with E-state index < -0.39 is 6.10 Å². The summed E-state index contributed by atoms with van der Waals surface area (Å²) in [6, 6.07) is 5.43. The molecule has 1 aromatic heterocycles. The molecular formula is C20H30ClN3O5. The van der Waals surface area contributed by atoms with Crippen molar-refractivity contribution in [3.8, 4) is 17.2 Å². The number of β-amino-alcohol motifs (C(OH)–C–C–N with tert-alkyl or cyclic N) is 1. The maximum absolute atomic E-state index is 10.5. The van der Waals surface area contributed by atoms with Gasteiger partial charge in [-0.05, 0) is 24.6 Å². The molecule has 0 spiro atoms. The van der Waals surface area contributed by atoms with Crippen LogP contribution in [0.5, 0.6) is 17.2 Å². The topological polar surface area (TPSA) is 78.2 Å². The number of rotatable bonds is 9. The first kappa shape index (κ1) is 23.3. The van der Waals surface area contributed by atoms with Crippen molar-refractivity contribution in [1.29, 1.82) is 0 Å². The summed E-state index contributed by atoms with van der Waals surface area (Å²) in [7, 11) is 3.15. The van der Waals surface area contributed by atoms with Crippen LogP contribution in [0.15, 0.2) is 30.6 Å². The molecule has 2 atom stereocenters. The summed E-state index contributed by atoms with van der Waals surface area (Å²) in [6.07, 6.45) is 3.26. The molecule has 0 aliphatic carbocycles. The van der Waals surface area contributed by atoms with Crippen LogP contribution >= 0.6 is 12.4 Å². The number of hydrogen-bond acceptors (Lipinski definition) is 7. The maximum Gasteiger partial charge on any atom is 0.203 e. The van der Waals surface area contributed by atoms with E-state index in [0.29, 0.717) is 36.9 Å². The lowest BCUT2D eigenvalue weighted by Crippen LogP contribution is -2.47. The van der Waals surface area contributed by atoms with Gasteiger partial charge in [0.25, 0.3) is 0 Å². The average molecular weight is 428 g/mol. The van der Waals surface area contributed by atoms with Gasteiger partial charge in [0.1, 0.15) is 12.7 Å². The monoisotopic (exact) mass is 427 g/mol. The third-order valence-electron chi connectivity index (χ3n) is 4.65. The van der Waals surface area contributed by atoms with Crippen molar-refractivity contribution >= 4 is 12.4 Å². The molecule has 0 amide bonds. The second kappa shape index (κ2) is 11.3. The second-order valence-corrected chi connectivity index (χ2v) is 6.95. The molecule has 162 valence electrons. The van der Waals surface area contributed by atoms with E-state index in [2.05, 4.69) is 10.00 Å². The SMILES string of the molecule is COc1cccc(OC)c1OCC(O)CN1CCOC(Cn2cc(C)cn2)C1.Cl. The number of aliphatic hydroxyl groups is 1. The molecule has 1 aliphatic heterocycles. The summed E-state index contributed by atoms with van der Waals surface area (Å²) in [4.78, 5) is 2.19. The first-order valence-corrected chi connectivity index (χ1v) is 9.44. The van der Waals surface area contributed by atoms with E-state index >= 15 is 0 Å². The Hall–Kier alpha value is -2.00. The number of morpholine rings is 1. The van der Waals surface area contributed by atoms with E-state index in [-0.39, 0.29) is 25.1 Å². The lowest BCUT2D eigenvalue weighted by atomic mass is 10.2. The first-order valence-electron chi connectivity index (χ1n) is 9.44. The minimum atomic E-state index is -0.639. The van der Waals surface area contributed by atoms with Crippen LogP contribution in [0.4, 0.5) is 0 Å². The van der Waals surface area contributed by atoms with E-state index in [1.807, 2.05) is 30.1 Å². The zero-order valence-corrected chi connectivity index (χ0v) is 17.9. The van der Waals surface area contributed by atoms with E-state index in [0.717, 1.165) is 18.7 Å². The summed E-state index contributed by atoms with van der Waals surface area (Å²) in [5.41, 5.74) is 1.13. The fraction of sp³-hybridized carbons (Fsp3) is 0.550. The van der Waals surface area contributed by atoms with Gasteiger partial charge in [-0.1, -0.05) is 6.07 Å². The zero-order valence-electron chi connectivity index (χ0n) is 17.1. The van der Waals surface area contributed by atoms with Gasteiger partial charge in [-0.25, -0.2) is 0 Å². The van der Waals surface area contributed by atoms with E-state index in [1.54, 1.807) is 26.4 Å². The normalized spacial score (nSPS) is 18.0. The molecule has 9 heteroatoms. The molecular weight excluding hydrogens is 398 g/mol. The van der Waals surface area contributed by atoms with Gasteiger partial charge in [0.15, 0.2) is 11.5 Å². The van der Waals surface area contributed by atoms with Crippen LogP contribution in [0.25, 0.3) is 0 Å². The third-order valence-corrected chi connectivity index (χ3v) is 4.65. The molecule has 1 fully saturated rings.